The van der Waals surface area contributed by atoms with Crippen LogP contribution < -0.4 is 5.32 Å². The molecule has 0 spiro atoms. The first kappa shape index (κ1) is 11.2. The minimum absolute atomic E-state index is 0.679. The number of hydrogen-bond acceptors (Lipinski definition) is 2. The largest absolute Gasteiger partial charge is 0.314 e. The summed E-state index contributed by atoms with van der Waals surface area (Å²) in [7, 11) is 0. The molecule has 2 nitrogen and oxygen atoms in total. The Morgan fingerprint density at radius 1 is 1.18 bits per heavy atom. The van der Waals surface area contributed by atoms with Gasteiger partial charge < -0.3 is 5.32 Å². The SMILES string of the molecule is Cc1ccccc1[C@H](C1CC1)N1CCNCC1. The summed E-state index contributed by atoms with van der Waals surface area (Å²) < 4.78 is 0. The third kappa shape index (κ3) is 2.38. The van der Waals surface area contributed by atoms with Gasteiger partial charge in [0.2, 0.25) is 0 Å². The molecule has 1 atom stereocenters. The predicted octanol–water partition coefficient (Wildman–Crippen LogP) is 2.35. The lowest BCUT2D eigenvalue weighted by molar-refractivity contribution is 0.155. The third-order valence-corrected chi connectivity index (χ3v) is 4.12. The number of piperazine rings is 1. The Bertz CT molecular complexity index is 378. The highest BCUT2D eigenvalue weighted by molar-refractivity contribution is 5.30. The molecule has 1 heterocycles. The molecule has 1 aliphatic heterocycles. The van der Waals surface area contributed by atoms with Gasteiger partial charge in [0, 0.05) is 32.2 Å². The smallest absolute Gasteiger partial charge is 0.0379 e. The van der Waals surface area contributed by atoms with Crippen LogP contribution in [0.25, 0.3) is 0 Å². The van der Waals surface area contributed by atoms with Gasteiger partial charge in [0.05, 0.1) is 0 Å². The summed E-state index contributed by atoms with van der Waals surface area (Å²) in [6.07, 6.45) is 2.84. The first-order chi connectivity index (χ1) is 8.36. The first-order valence-electron chi connectivity index (χ1n) is 6.86. The number of benzene rings is 1. The van der Waals surface area contributed by atoms with E-state index in [0.29, 0.717) is 6.04 Å². The Balaban J connectivity index is 1.86. The van der Waals surface area contributed by atoms with Crippen molar-refractivity contribution in [3.05, 3.63) is 35.4 Å². The van der Waals surface area contributed by atoms with Crippen LogP contribution >= 0.6 is 0 Å². The number of nitrogens with one attached hydrogen (secondary N) is 1. The minimum atomic E-state index is 0.679. The van der Waals surface area contributed by atoms with E-state index >= 15 is 0 Å². The molecule has 0 aromatic heterocycles. The van der Waals surface area contributed by atoms with Crippen molar-refractivity contribution in [2.75, 3.05) is 26.2 Å². The maximum Gasteiger partial charge on any atom is 0.0379 e. The molecule has 2 heteroatoms. The summed E-state index contributed by atoms with van der Waals surface area (Å²) in [6.45, 7) is 6.96. The average Bonchev–Trinajstić information content (AvgIpc) is 3.18. The predicted molar refractivity (Wildman–Crippen MR) is 71.1 cm³/mol. The fourth-order valence-electron chi connectivity index (χ4n) is 3.04. The molecule has 1 saturated heterocycles. The van der Waals surface area contributed by atoms with E-state index in [2.05, 4.69) is 41.4 Å². The number of nitrogens with zero attached hydrogens (tertiary/aromatic N) is 1. The molecule has 0 bridgehead atoms. The van der Waals surface area contributed by atoms with Gasteiger partial charge in [-0.2, -0.15) is 0 Å². The molecule has 2 aliphatic rings. The highest BCUT2D eigenvalue weighted by Gasteiger charge is 2.37. The lowest BCUT2D eigenvalue weighted by Crippen LogP contribution is -2.45. The minimum Gasteiger partial charge on any atom is -0.314 e. The summed E-state index contributed by atoms with van der Waals surface area (Å²) in [5.74, 6) is 0.911. The molecule has 1 saturated carbocycles. The summed E-state index contributed by atoms with van der Waals surface area (Å²) in [5, 5.41) is 3.45. The average molecular weight is 230 g/mol. The molecule has 92 valence electrons. The van der Waals surface area contributed by atoms with Crippen molar-refractivity contribution in [1.29, 1.82) is 0 Å². The van der Waals surface area contributed by atoms with Crippen LogP contribution in [-0.2, 0) is 0 Å². The van der Waals surface area contributed by atoms with Gasteiger partial charge in [-0.1, -0.05) is 24.3 Å². The third-order valence-electron chi connectivity index (χ3n) is 4.12. The molecule has 1 aliphatic carbocycles. The lowest BCUT2D eigenvalue weighted by Gasteiger charge is -2.36. The van der Waals surface area contributed by atoms with E-state index in [1.807, 2.05) is 0 Å². The summed E-state index contributed by atoms with van der Waals surface area (Å²) >= 11 is 0. The van der Waals surface area contributed by atoms with Crippen LogP contribution in [0.4, 0.5) is 0 Å². The van der Waals surface area contributed by atoms with Gasteiger partial charge in [-0.15, -0.1) is 0 Å². The van der Waals surface area contributed by atoms with Crippen molar-refractivity contribution in [2.45, 2.75) is 25.8 Å². The molecule has 1 aromatic rings. The molecular weight excluding hydrogens is 208 g/mol. The van der Waals surface area contributed by atoms with Crippen molar-refractivity contribution in [2.24, 2.45) is 5.92 Å². The van der Waals surface area contributed by atoms with Crippen LogP contribution in [0.2, 0.25) is 0 Å². The van der Waals surface area contributed by atoms with E-state index in [9.17, 15) is 0 Å². The van der Waals surface area contributed by atoms with E-state index in [1.165, 1.54) is 31.5 Å². The first-order valence-corrected chi connectivity index (χ1v) is 6.86. The number of hydrogen-bond donors (Lipinski definition) is 1. The number of rotatable bonds is 3. The number of aryl methyl sites for hydroxylation is 1. The fourth-order valence-corrected chi connectivity index (χ4v) is 3.04. The normalized spacial score (nSPS) is 23.6. The maximum absolute atomic E-state index is 3.45. The zero-order valence-electron chi connectivity index (χ0n) is 10.7. The van der Waals surface area contributed by atoms with E-state index in [0.717, 1.165) is 19.0 Å². The van der Waals surface area contributed by atoms with Gasteiger partial charge in [0.1, 0.15) is 0 Å². The van der Waals surface area contributed by atoms with Crippen LogP contribution in [-0.4, -0.2) is 31.1 Å². The molecule has 0 amide bonds. The molecule has 0 unspecified atom stereocenters. The van der Waals surface area contributed by atoms with Crippen LogP contribution in [0.5, 0.6) is 0 Å². The molecule has 3 rings (SSSR count). The Kier molecular flexibility index (Phi) is 3.17. The summed E-state index contributed by atoms with van der Waals surface area (Å²) in [5.41, 5.74) is 3.03. The Morgan fingerprint density at radius 2 is 1.88 bits per heavy atom. The fraction of sp³-hybridized carbons (Fsp3) is 0.600. The van der Waals surface area contributed by atoms with Crippen LogP contribution in [0.15, 0.2) is 24.3 Å². The molecule has 1 N–H and O–H groups in total. The molecular formula is C15H22N2. The van der Waals surface area contributed by atoms with E-state index < -0.39 is 0 Å². The summed E-state index contributed by atoms with van der Waals surface area (Å²) in [6, 6.07) is 9.62. The highest BCUT2D eigenvalue weighted by Crippen LogP contribution is 2.45. The van der Waals surface area contributed by atoms with Crippen LogP contribution in [0.3, 0.4) is 0 Å². The van der Waals surface area contributed by atoms with Crippen LogP contribution in [0.1, 0.15) is 30.0 Å². The molecule has 0 radical (unpaired) electrons. The van der Waals surface area contributed by atoms with Crippen molar-refractivity contribution in [3.63, 3.8) is 0 Å². The second-order valence-corrected chi connectivity index (χ2v) is 5.42. The second-order valence-electron chi connectivity index (χ2n) is 5.42. The Morgan fingerprint density at radius 3 is 2.53 bits per heavy atom. The zero-order chi connectivity index (χ0) is 11.7. The van der Waals surface area contributed by atoms with Crippen molar-refractivity contribution >= 4 is 0 Å². The van der Waals surface area contributed by atoms with Gasteiger partial charge in [-0.25, -0.2) is 0 Å². The highest BCUT2D eigenvalue weighted by atomic mass is 15.2. The quantitative estimate of drug-likeness (QED) is 0.857. The standard InChI is InChI=1S/C15H22N2/c1-12-4-2-3-5-14(12)15(13-6-7-13)17-10-8-16-9-11-17/h2-5,13,15-16H,6-11H2,1H3/t15-/m0/s1. The van der Waals surface area contributed by atoms with Gasteiger partial charge >= 0.3 is 0 Å². The zero-order valence-corrected chi connectivity index (χ0v) is 10.7. The molecule has 17 heavy (non-hydrogen) atoms. The van der Waals surface area contributed by atoms with Crippen molar-refractivity contribution in [3.8, 4) is 0 Å². The molecule has 2 fully saturated rings. The van der Waals surface area contributed by atoms with Crippen molar-refractivity contribution in [1.82, 2.24) is 10.2 Å². The topological polar surface area (TPSA) is 15.3 Å². The van der Waals surface area contributed by atoms with Gasteiger partial charge in [-0.05, 0) is 36.8 Å². The Hall–Kier alpha value is -0.860. The van der Waals surface area contributed by atoms with E-state index in [4.69, 9.17) is 0 Å². The van der Waals surface area contributed by atoms with Gasteiger partial charge in [0.25, 0.3) is 0 Å². The van der Waals surface area contributed by atoms with Gasteiger partial charge in [0.15, 0.2) is 0 Å². The monoisotopic (exact) mass is 230 g/mol. The molecule has 1 aromatic carbocycles. The van der Waals surface area contributed by atoms with Gasteiger partial charge in [-0.3, -0.25) is 4.90 Å². The Labute approximate surface area is 104 Å². The second kappa shape index (κ2) is 4.79. The summed E-state index contributed by atoms with van der Waals surface area (Å²) in [4.78, 5) is 2.69. The van der Waals surface area contributed by atoms with Crippen molar-refractivity contribution < 1.29 is 0 Å². The van der Waals surface area contributed by atoms with Crippen LogP contribution in [0, 0.1) is 12.8 Å². The van der Waals surface area contributed by atoms with E-state index in [1.54, 1.807) is 5.56 Å². The maximum atomic E-state index is 3.45. The lowest BCUT2D eigenvalue weighted by atomic mass is 9.95. The van der Waals surface area contributed by atoms with E-state index in [-0.39, 0.29) is 0 Å².